The summed E-state index contributed by atoms with van der Waals surface area (Å²) >= 11 is 0. The Morgan fingerprint density at radius 1 is 1.08 bits per heavy atom. The second-order valence-electron chi connectivity index (χ2n) is 8.22. The van der Waals surface area contributed by atoms with Crippen LogP contribution in [-0.4, -0.2) is 17.5 Å². The van der Waals surface area contributed by atoms with Crippen molar-refractivity contribution in [1.82, 2.24) is 0 Å². The number of nitrogens with zero attached hydrogens (tertiary/aromatic N) is 1. The van der Waals surface area contributed by atoms with Gasteiger partial charge in [0.05, 0.1) is 6.26 Å². The average Bonchev–Trinajstić information content (AvgIpc) is 3.03. The Hall–Kier alpha value is -2.69. The molecule has 0 spiro atoms. The first-order valence-corrected chi connectivity index (χ1v) is 8.48. The maximum Gasteiger partial charge on any atom is 0.358 e. The van der Waals surface area contributed by atoms with Crippen LogP contribution in [0.2, 0.25) is 0 Å². The largest absolute Gasteiger partial charge is 0.465 e. The lowest BCUT2D eigenvalue weighted by Gasteiger charge is -2.30. The summed E-state index contributed by atoms with van der Waals surface area (Å²) in [6.45, 7) is 11.8. The van der Waals surface area contributed by atoms with Gasteiger partial charge < -0.3 is 9.25 Å². The molecule has 5 heteroatoms. The molecule has 0 fully saturated rings. The van der Waals surface area contributed by atoms with E-state index in [4.69, 9.17) is 9.25 Å². The fraction of sp³-hybridized carbons (Fsp3) is 0.381. The number of rotatable bonds is 3. The van der Waals surface area contributed by atoms with Crippen LogP contribution >= 0.6 is 0 Å². The van der Waals surface area contributed by atoms with Gasteiger partial charge in [-0.2, -0.15) is 0 Å². The Morgan fingerprint density at radius 2 is 1.65 bits per heavy atom. The third-order valence-corrected chi connectivity index (χ3v) is 3.86. The smallest absolute Gasteiger partial charge is 0.358 e. The van der Waals surface area contributed by atoms with Gasteiger partial charge in [-0.3, -0.25) is 4.79 Å². The highest BCUT2D eigenvalue weighted by Gasteiger charge is 2.34. The third-order valence-electron chi connectivity index (χ3n) is 3.86. The molecular weight excluding hydrogens is 330 g/mol. The first-order valence-electron chi connectivity index (χ1n) is 8.48. The van der Waals surface area contributed by atoms with E-state index in [2.05, 4.69) is 5.16 Å². The number of carbonyl (C=O) groups is 2. The van der Waals surface area contributed by atoms with Crippen LogP contribution in [0.4, 0.5) is 0 Å². The van der Waals surface area contributed by atoms with Gasteiger partial charge in [0.2, 0.25) is 0 Å². The van der Waals surface area contributed by atoms with Crippen molar-refractivity contribution in [2.75, 3.05) is 0 Å². The number of ketones is 1. The van der Waals surface area contributed by atoms with E-state index < -0.39 is 5.97 Å². The summed E-state index contributed by atoms with van der Waals surface area (Å²) in [7, 11) is 0. The molecule has 0 radical (unpaired) electrons. The van der Waals surface area contributed by atoms with Crippen molar-refractivity contribution in [3.63, 3.8) is 0 Å². The summed E-state index contributed by atoms with van der Waals surface area (Å²) < 4.78 is 5.11. The van der Waals surface area contributed by atoms with Crippen molar-refractivity contribution < 1.29 is 18.8 Å². The van der Waals surface area contributed by atoms with E-state index in [-0.39, 0.29) is 16.6 Å². The van der Waals surface area contributed by atoms with Gasteiger partial charge >= 0.3 is 5.97 Å². The molecule has 1 aromatic rings. The zero-order valence-electron chi connectivity index (χ0n) is 16.1. The molecule has 138 valence electrons. The fourth-order valence-electron chi connectivity index (χ4n) is 2.44. The Balaban J connectivity index is 2.25. The quantitative estimate of drug-likeness (QED) is 0.340. The van der Waals surface area contributed by atoms with E-state index in [9.17, 15) is 9.59 Å². The topological polar surface area (TPSA) is 68.9 Å². The van der Waals surface area contributed by atoms with Crippen LogP contribution in [0.5, 0.6) is 0 Å². The van der Waals surface area contributed by atoms with Crippen molar-refractivity contribution in [1.29, 1.82) is 0 Å². The Labute approximate surface area is 154 Å². The maximum absolute atomic E-state index is 12.8. The van der Waals surface area contributed by atoms with Crippen molar-refractivity contribution in [2.24, 2.45) is 16.0 Å². The van der Waals surface area contributed by atoms with Gasteiger partial charge in [0.1, 0.15) is 11.5 Å². The highest BCUT2D eigenvalue weighted by atomic mass is 16.7. The van der Waals surface area contributed by atoms with Crippen molar-refractivity contribution in [2.45, 2.75) is 41.5 Å². The molecule has 0 aliphatic heterocycles. The molecule has 1 aliphatic carbocycles. The number of oxime groups is 1. The molecule has 1 heterocycles. The maximum atomic E-state index is 12.8. The number of hydrogen-bond donors (Lipinski definition) is 0. The monoisotopic (exact) mass is 355 g/mol. The third kappa shape index (κ3) is 4.91. The van der Waals surface area contributed by atoms with Gasteiger partial charge in [0.15, 0.2) is 5.78 Å². The van der Waals surface area contributed by atoms with Gasteiger partial charge in [-0.25, -0.2) is 4.79 Å². The van der Waals surface area contributed by atoms with E-state index in [0.29, 0.717) is 22.6 Å². The van der Waals surface area contributed by atoms with Gasteiger partial charge in [0, 0.05) is 17.2 Å². The second-order valence-corrected chi connectivity index (χ2v) is 8.22. The van der Waals surface area contributed by atoms with Crippen molar-refractivity contribution >= 4 is 23.5 Å². The molecule has 2 rings (SSSR count). The number of allylic oxidation sites excluding steroid dienone is 4. The van der Waals surface area contributed by atoms with E-state index in [1.54, 1.807) is 24.3 Å². The van der Waals surface area contributed by atoms with E-state index >= 15 is 0 Å². The van der Waals surface area contributed by atoms with Gasteiger partial charge in [-0.15, -0.1) is 0 Å². The van der Waals surface area contributed by atoms with Crippen LogP contribution in [0.1, 0.15) is 47.3 Å². The van der Waals surface area contributed by atoms with Crippen LogP contribution in [-0.2, 0) is 14.4 Å². The summed E-state index contributed by atoms with van der Waals surface area (Å²) in [6, 6.07) is 3.45. The minimum Gasteiger partial charge on any atom is -0.465 e. The fourth-order valence-corrected chi connectivity index (χ4v) is 2.44. The molecule has 26 heavy (non-hydrogen) atoms. The lowest BCUT2D eigenvalue weighted by Crippen LogP contribution is -2.29. The van der Waals surface area contributed by atoms with Crippen LogP contribution in [0.15, 0.2) is 57.3 Å². The molecule has 0 amide bonds. The van der Waals surface area contributed by atoms with Gasteiger partial charge in [-0.1, -0.05) is 46.7 Å². The van der Waals surface area contributed by atoms with Crippen LogP contribution < -0.4 is 0 Å². The van der Waals surface area contributed by atoms with E-state index in [1.807, 2.05) is 41.5 Å². The van der Waals surface area contributed by atoms with Crippen LogP contribution in [0.3, 0.4) is 0 Å². The molecule has 0 N–H and O–H groups in total. The minimum atomic E-state index is -0.623. The minimum absolute atomic E-state index is 0.00740. The molecule has 5 nitrogen and oxygen atoms in total. The molecule has 0 atom stereocenters. The summed E-state index contributed by atoms with van der Waals surface area (Å²) in [5.74, 6) is -0.0714. The van der Waals surface area contributed by atoms with Gasteiger partial charge in [-0.05, 0) is 41.2 Å². The summed E-state index contributed by atoms with van der Waals surface area (Å²) in [5, 5.41) is 3.93. The number of hydrogen-bond acceptors (Lipinski definition) is 5. The molecule has 0 saturated carbocycles. The molecule has 0 bridgehead atoms. The first kappa shape index (κ1) is 19.6. The van der Waals surface area contributed by atoms with Gasteiger partial charge in [0.25, 0.3) is 0 Å². The summed E-state index contributed by atoms with van der Waals surface area (Å²) in [4.78, 5) is 29.6. The molecule has 0 saturated heterocycles. The predicted octanol–water partition coefficient (Wildman–Crippen LogP) is 4.72. The molecule has 1 aromatic heterocycles. The summed E-state index contributed by atoms with van der Waals surface area (Å²) in [6.07, 6.45) is 7.61. The average molecular weight is 355 g/mol. The SMILES string of the molecule is CC(C)(C)C1=CC(=NOC(=O)/C=C/c2ccco2)C=C(C(C)(C)C)C1=O. The molecule has 0 unspecified atom stereocenters. The van der Waals surface area contributed by atoms with E-state index in [1.165, 1.54) is 18.4 Å². The normalized spacial score (nSPS) is 15.8. The Morgan fingerprint density at radius 3 is 2.12 bits per heavy atom. The molecule has 0 aromatic carbocycles. The Bertz CT molecular complexity index is 771. The zero-order valence-corrected chi connectivity index (χ0v) is 16.1. The lowest BCUT2D eigenvalue weighted by atomic mass is 9.72. The number of Topliss-reactive ketones (excluding diaryl/α,β-unsaturated/α-hetero) is 1. The number of furan rings is 1. The highest BCUT2D eigenvalue weighted by Crippen LogP contribution is 2.36. The van der Waals surface area contributed by atoms with Crippen LogP contribution in [0.25, 0.3) is 6.08 Å². The first-order chi connectivity index (χ1) is 12.0. The predicted molar refractivity (Wildman–Crippen MR) is 101 cm³/mol. The number of carbonyl (C=O) groups excluding carboxylic acids is 2. The summed E-state index contributed by atoms with van der Waals surface area (Å²) in [5.41, 5.74) is 1.05. The van der Waals surface area contributed by atoms with Crippen LogP contribution in [0, 0.1) is 10.8 Å². The van der Waals surface area contributed by atoms with Crippen molar-refractivity contribution in [3.05, 3.63) is 53.5 Å². The Kier molecular flexibility index (Phi) is 5.50. The highest BCUT2D eigenvalue weighted by molar-refractivity contribution is 6.22. The standard InChI is InChI=1S/C21H25NO4/c1-20(2,3)16-12-14(13-17(19(16)24)21(4,5)6)22-26-18(23)10-9-15-8-7-11-25-15/h7-13H,1-6H3/b10-9+. The zero-order chi connectivity index (χ0) is 19.5. The lowest BCUT2D eigenvalue weighted by molar-refractivity contribution is -0.137. The van der Waals surface area contributed by atoms with Crippen molar-refractivity contribution in [3.8, 4) is 0 Å². The van der Waals surface area contributed by atoms with E-state index in [0.717, 1.165) is 0 Å². The molecular formula is C21H25NO4. The molecule has 1 aliphatic rings. The second kappa shape index (κ2) is 7.28.